The van der Waals surface area contributed by atoms with Gasteiger partial charge in [0.25, 0.3) is 0 Å². The maximum absolute atomic E-state index is 12.6. The van der Waals surface area contributed by atoms with Crippen LogP contribution in [-0.4, -0.2) is 66.4 Å². The van der Waals surface area contributed by atoms with Gasteiger partial charge in [0.15, 0.2) is 22.2 Å². The van der Waals surface area contributed by atoms with E-state index in [0.717, 1.165) is 5.69 Å². The van der Waals surface area contributed by atoms with Gasteiger partial charge in [0.2, 0.25) is 0 Å². The van der Waals surface area contributed by atoms with Gasteiger partial charge in [-0.2, -0.15) is 13.5 Å². The Bertz CT molecular complexity index is 1220. The second-order valence-corrected chi connectivity index (χ2v) is 10.1. The van der Waals surface area contributed by atoms with Crippen molar-refractivity contribution >= 4 is 49.6 Å². The van der Waals surface area contributed by atoms with Crippen LogP contribution in [0.4, 0.5) is 17.1 Å². The average molecular weight is 570 g/mol. The molecule has 0 spiro atoms. The van der Waals surface area contributed by atoms with Crippen molar-refractivity contribution in [3.63, 3.8) is 0 Å². The molecule has 200 valence electrons. The maximum Gasteiger partial charge on any atom is 0.397 e. The monoisotopic (exact) mass is 569 g/mol. The summed E-state index contributed by atoms with van der Waals surface area (Å²) in [6, 6.07) is 9.33. The molecule has 0 saturated heterocycles. The zero-order valence-corrected chi connectivity index (χ0v) is 21.3. The number of benzene rings is 2. The fourth-order valence-corrected chi connectivity index (χ4v) is 4.47. The van der Waals surface area contributed by atoms with E-state index in [4.69, 9.17) is 23.5 Å². The Morgan fingerprint density at radius 3 is 2.28 bits per heavy atom. The Kier molecular flexibility index (Phi) is 11.8. The van der Waals surface area contributed by atoms with Gasteiger partial charge < -0.3 is 14.8 Å². The van der Waals surface area contributed by atoms with E-state index in [0.29, 0.717) is 24.6 Å². The first kappa shape index (κ1) is 29.7. The minimum atomic E-state index is -4.78. The van der Waals surface area contributed by atoms with Crippen LogP contribution >= 0.6 is 12.3 Å². The largest absolute Gasteiger partial charge is 0.495 e. The third-order valence-electron chi connectivity index (χ3n) is 4.15. The Morgan fingerprint density at radius 2 is 1.67 bits per heavy atom. The highest BCUT2D eigenvalue weighted by Crippen LogP contribution is 2.38. The van der Waals surface area contributed by atoms with Crippen molar-refractivity contribution in [1.82, 2.24) is 0 Å². The summed E-state index contributed by atoms with van der Waals surface area (Å²) < 4.78 is 78.7. The van der Waals surface area contributed by atoms with Crippen LogP contribution in [0.15, 0.2) is 51.5 Å². The molecule has 0 saturated carbocycles. The minimum absolute atomic E-state index is 0.0700. The standard InChI is InChI=1S/C18H23N3O12S3/c1-28-16-12-18(35(23,24)10-9-31-36(25,26)27)17(29-2)11-15(16)21-20-14-5-3-13(4-6-14)19-7-8-30-34-33-32-22/h3-6,11-12,19,22H,7-10H2,1-2H3,(H,25,26,27). The van der Waals surface area contributed by atoms with Crippen LogP contribution in [0, 0.1) is 0 Å². The fourth-order valence-electron chi connectivity index (χ4n) is 2.59. The summed E-state index contributed by atoms with van der Waals surface area (Å²) >= 11 is 0.478. The van der Waals surface area contributed by atoms with Crippen LogP contribution in [0.1, 0.15) is 0 Å². The minimum Gasteiger partial charge on any atom is -0.495 e. The second-order valence-electron chi connectivity index (χ2n) is 6.45. The fraction of sp³-hybridized carbons (Fsp3) is 0.333. The van der Waals surface area contributed by atoms with E-state index in [2.05, 4.69) is 29.1 Å². The number of ether oxygens (including phenoxy) is 2. The van der Waals surface area contributed by atoms with Gasteiger partial charge in [0, 0.05) is 24.4 Å². The molecule has 15 nitrogen and oxygen atoms in total. The lowest BCUT2D eigenvalue weighted by molar-refractivity contribution is -0.434. The molecule has 18 heteroatoms. The van der Waals surface area contributed by atoms with E-state index in [-0.39, 0.29) is 28.7 Å². The molecule has 0 unspecified atom stereocenters. The van der Waals surface area contributed by atoms with Crippen LogP contribution in [0.3, 0.4) is 0 Å². The molecule has 0 aliphatic carbocycles. The van der Waals surface area contributed by atoms with Crippen LogP contribution in [0.5, 0.6) is 11.5 Å². The molecule has 2 aromatic rings. The summed E-state index contributed by atoms with van der Waals surface area (Å²) in [5, 5.41) is 22.6. The maximum atomic E-state index is 12.6. The Balaban J connectivity index is 2.12. The van der Waals surface area contributed by atoms with Crippen LogP contribution in [0.2, 0.25) is 0 Å². The lowest BCUT2D eigenvalue weighted by atomic mass is 10.2. The summed E-state index contributed by atoms with van der Waals surface area (Å²) in [5.41, 5.74) is 1.43. The van der Waals surface area contributed by atoms with Crippen molar-refractivity contribution in [3.05, 3.63) is 36.4 Å². The molecule has 0 heterocycles. The van der Waals surface area contributed by atoms with Gasteiger partial charge in [0.05, 0.1) is 38.9 Å². The van der Waals surface area contributed by atoms with Gasteiger partial charge in [0.1, 0.15) is 22.1 Å². The highest BCUT2D eigenvalue weighted by Gasteiger charge is 2.24. The number of methoxy groups -OCH3 is 2. The molecule has 0 fully saturated rings. The molecular formula is C18H23N3O12S3. The number of hydrogen-bond acceptors (Lipinski definition) is 15. The van der Waals surface area contributed by atoms with Crippen molar-refractivity contribution in [2.24, 2.45) is 10.2 Å². The molecule has 0 radical (unpaired) electrons. The van der Waals surface area contributed by atoms with Crippen LogP contribution < -0.4 is 14.8 Å². The number of sulfone groups is 1. The molecule has 0 aliphatic heterocycles. The molecule has 36 heavy (non-hydrogen) atoms. The first-order chi connectivity index (χ1) is 17.1. The molecule has 0 amide bonds. The van der Waals surface area contributed by atoms with Gasteiger partial charge in [-0.05, 0) is 24.3 Å². The van der Waals surface area contributed by atoms with Gasteiger partial charge in [-0.1, -0.05) is 5.04 Å². The normalized spacial score (nSPS) is 12.1. The lowest BCUT2D eigenvalue weighted by Crippen LogP contribution is -2.16. The van der Waals surface area contributed by atoms with E-state index < -0.39 is 32.6 Å². The van der Waals surface area contributed by atoms with E-state index in [1.54, 1.807) is 24.3 Å². The zero-order chi connectivity index (χ0) is 26.6. The number of nitrogens with one attached hydrogen (secondary N) is 1. The van der Waals surface area contributed by atoms with Gasteiger partial charge in [-0.15, -0.1) is 9.45 Å². The number of rotatable bonds is 16. The smallest absolute Gasteiger partial charge is 0.397 e. The van der Waals surface area contributed by atoms with Gasteiger partial charge in [-0.25, -0.2) is 17.9 Å². The van der Waals surface area contributed by atoms with Crippen LogP contribution in [-0.2, 0) is 38.0 Å². The Hall–Kier alpha value is -2.55. The van der Waals surface area contributed by atoms with Gasteiger partial charge in [-0.3, -0.25) is 8.74 Å². The van der Waals surface area contributed by atoms with Crippen LogP contribution in [0.25, 0.3) is 0 Å². The summed E-state index contributed by atoms with van der Waals surface area (Å²) in [5.74, 6) is -0.753. The zero-order valence-electron chi connectivity index (χ0n) is 18.9. The summed E-state index contributed by atoms with van der Waals surface area (Å²) in [7, 11) is -6.31. The third kappa shape index (κ3) is 9.84. The van der Waals surface area contributed by atoms with Gasteiger partial charge >= 0.3 is 10.4 Å². The molecule has 2 rings (SSSR count). The Morgan fingerprint density at radius 1 is 0.972 bits per heavy atom. The molecule has 3 N–H and O–H groups in total. The summed E-state index contributed by atoms with van der Waals surface area (Å²) in [4.78, 5) is -0.284. The quantitative estimate of drug-likeness (QED) is 0.0664. The highest BCUT2D eigenvalue weighted by atomic mass is 32.3. The van der Waals surface area contributed by atoms with E-state index in [9.17, 15) is 16.8 Å². The number of hydrogen-bond donors (Lipinski definition) is 3. The second kappa shape index (κ2) is 14.3. The van der Waals surface area contributed by atoms with Crippen molar-refractivity contribution in [1.29, 1.82) is 0 Å². The summed E-state index contributed by atoms with van der Waals surface area (Å²) in [6.45, 7) is -0.0920. The molecule has 0 bridgehead atoms. The topological polar surface area (TPSA) is 201 Å². The third-order valence-corrected chi connectivity index (χ3v) is 6.68. The highest BCUT2D eigenvalue weighted by molar-refractivity contribution is 7.91. The predicted molar refractivity (Wildman–Crippen MR) is 127 cm³/mol. The number of nitrogens with zero attached hydrogens (tertiary/aromatic N) is 2. The van der Waals surface area contributed by atoms with E-state index in [1.165, 1.54) is 26.4 Å². The molecule has 0 atom stereocenters. The van der Waals surface area contributed by atoms with Crippen molar-refractivity contribution in [3.8, 4) is 11.5 Å². The van der Waals surface area contributed by atoms with Crippen molar-refractivity contribution in [2.75, 3.05) is 45.0 Å². The average Bonchev–Trinajstić information content (AvgIpc) is 2.84. The first-order valence-electron chi connectivity index (χ1n) is 9.72. The molecule has 2 aromatic carbocycles. The molecular weight excluding hydrogens is 546 g/mol. The SMILES string of the molecule is COc1cc(S(=O)(=O)CCOS(=O)(=O)O)c(OC)cc1N=Nc1ccc(NCCOSOOO)cc1. The van der Waals surface area contributed by atoms with Crippen molar-refractivity contribution in [2.45, 2.75) is 4.90 Å². The van der Waals surface area contributed by atoms with E-state index >= 15 is 0 Å². The molecule has 0 aromatic heterocycles. The first-order valence-corrected chi connectivity index (χ1v) is 13.4. The van der Waals surface area contributed by atoms with Crippen molar-refractivity contribution < 1.29 is 53.9 Å². The number of anilines is 1. The number of azo groups is 1. The summed E-state index contributed by atoms with van der Waals surface area (Å²) in [6.07, 6.45) is 0. The lowest BCUT2D eigenvalue weighted by Gasteiger charge is -2.13. The van der Waals surface area contributed by atoms with E-state index in [1.807, 2.05) is 0 Å². The Labute approximate surface area is 211 Å². The predicted octanol–water partition coefficient (Wildman–Crippen LogP) is 3.13. The molecule has 0 aliphatic rings.